The number of fused-ring (bicyclic) bond motifs is 6. The van der Waals surface area contributed by atoms with Crippen LogP contribution in [0.5, 0.6) is 0 Å². The molecule has 2 heteroatoms. The van der Waals surface area contributed by atoms with Gasteiger partial charge in [-0.15, -0.1) is 0 Å². The van der Waals surface area contributed by atoms with Crippen molar-refractivity contribution in [2.24, 2.45) is 28.6 Å². The summed E-state index contributed by atoms with van der Waals surface area (Å²) in [5.41, 5.74) is 2.51. The van der Waals surface area contributed by atoms with Crippen LogP contribution in [-0.4, -0.2) is 18.0 Å². The Morgan fingerprint density at radius 2 is 1.82 bits per heavy atom. The maximum absolute atomic E-state index is 11.9. The average molecular weight is 300 g/mol. The number of rotatable bonds is 0. The van der Waals surface area contributed by atoms with Gasteiger partial charge in [-0.2, -0.15) is 0 Å². The second-order valence-corrected chi connectivity index (χ2v) is 9.25. The minimum atomic E-state index is 0.266. The monoisotopic (exact) mass is 300 g/mol. The Morgan fingerprint density at radius 1 is 1.05 bits per heavy atom. The molecule has 3 saturated carbocycles. The molecule has 2 nitrogen and oxygen atoms in total. The maximum atomic E-state index is 11.9. The first kappa shape index (κ1) is 13.8. The molecule has 5 rings (SSSR count). The normalized spacial score (nSPS) is 56.2. The largest absolute Gasteiger partial charge is 0.369 e. The Labute approximate surface area is 133 Å². The summed E-state index contributed by atoms with van der Waals surface area (Å²) in [5.74, 6) is 2.92. The zero-order chi connectivity index (χ0) is 15.2. The smallest absolute Gasteiger partial charge is 0.155 e. The molecule has 5 unspecified atom stereocenters. The first-order chi connectivity index (χ1) is 10.5. The lowest BCUT2D eigenvalue weighted by Gasteiger charge is -2.57. The van der Waals surface area contributed by atoms with Crippen molar-refractivity contribution in [3.63, 3.8) is 0 Å². The maximum Gasteiger partial charge on any atom is 0.155 e. The highest BCUT2D eigenvalue weighted by atomic mass is 16.6. The number of hydrogen-bond acceptors (Lipinski definition) is 2. The average Bonchev–Trinajstić information content (AvgIpc) is 3.22. The summed E-state index contributed by atoms with van der Waals surface area (Å²) in [4.78, 5) is 11.9. The van der Waals surface area contributed by atoms with E-state index in [-0.39, 0.29) is 5.60 Å². The van der Waals surface area contributed by atoms with Crippen molar-refractivity contribution < 1.29 is 9.53 Å². The minimum Gasteiger partial charge on any atom is -0.369 e. The number of carbonyl (C=O) groups is 1. The van der Waals surface area contributed by atoms with E-state index in [4.69, 9.17) is 4.74 Å². The quantitative estimate of drug-likeness (QED) is 0.625. The summed E-state index contributed by atoms with van der Waals surface area (Å²) in [6.07, 6.45) is 11.8. The fourth-order valence-corrected chi connectivity index (χ4v) is 7.21. The lowest BCUT2D eigenvalue weighted by Crippen LogP contribution is -2.52. The summed E-state index contributed by atoms with van der Waals surface area (Å²) in [6.45, 7) is 6.03. The molecule has 6 atom stereocenters. The van der Waals surface area contributed by atoms with Gasteiger partial charge in [0.25, 0.3) is 0 Å². The highest BCUT2D eigenvalue weighted by Gasteiger charge is 2.69. The Hall–Kier alpha value is -0.630. The predicted molar refractivity (Wildman–Crippen MR) is 85.4 cm³/mol. The third-order valence-corrected chi connectivity index (χ3v) is 8.74. The van der Waals surface area contributed by atoms with Crippen LogP contribution in [0.25, 0.3) is 0 Å². The topological polar surface area (TPSA) is 29.6 Å². The second-order valence-electron chi connectivity index (χ2n) is 9.25. The number of ketones is 1. The number of ether oxygens (including phenoxy) is 1. The van der Waals surface area contributed by atoms with Gasteiger partial charge in [-0.3, -0.25) is 4.79 Å². The summed E-state index contributed by atoms with van der Waals surface area (Å²) < 4.78 is 6.00. The third-order valence-electron chi connectivity index (χ3n) is 8.74. The number of allylic oxidation sites excluding steroid dienone is 1. The molecule has 0 aromatic rings. The van der Waals surface area contributed by atoms with E-state index < -0.39 is 0 Å². The molecular formula is C20H28O2. The fourth-order valence-electron chi connectivity index (χ4n) is 7.21. The van der Waals surface area contributed by atoms with Gasteiger partial charge in [0.05, 0.1) is 12.2 Å². The molecule has 0 amide bonds. The predicted octanol–water partition coefficient (Wildman–Crippen LogP) is 4.29. The molecule has 5 aliphatic rings. The van der Waals surface area contributed by atoms with Crippen LogP contribution in [-0.2, 0) is 9.53 Å². The minimum absolute atomic E-state index is 0.266. The third kappa shape index (κ3) is 1.48. The van der Waals surface area contributed by atoms with Crippen molar-refractivity contribution in [3.8, 4) is 0 Å². The Balaban J connectivity index is 1.51. The van der Waals surface area contributed by atoms with Crippen molar-refractivity contribution in [2.45, 2.75) is 70.8 Å². The van der Waals surface area contributed by atoms with Gasteiger partial charge in [0.1, 0.15) is 0 Å². The van der Waals surface area contributed by atoms with Gasteiger partial charge in [0.15, 0.2) is 5.78 Å². The van der Waals surface area contributed by atoms with E-state index in [1.165, 1.54) is 44.1 Å². The fraction of sp³-hybridized carbons (Fsp3) is 0.850. The van der Waals surface area contributed by atoms with Crippen LogP contribution in [0.1, 0.15) is 65.2 Å². The molecular weight excluding hydrogens is 272 g/mol. The molecule has 0 radical (unpaired) electrons. The standard InChI is InChI=1S/C20H28O2/c1-18-8-5-14(21)11-13(18)3-4-15-16(18)6-9-19(2)17(15)7-10-20(19)12-22-20/h11,15-17H,3-10,12H2,1-2H3/t15?,16?,17?,18?,19?,20-/m1/s1. The van der Waals surface area contributed by atoms with Crippen molar-refractivity contribution in [1.29, 1.82) is 0 Å². The van der Waals surface area contributed by atoms with Crippen LogP contribution in [0.3, 0.4) is 0 Å². The van der Waals surface area contributed by atoms with Crippen LogP contribution in [0.4, 0.5) is 0 Å². The number of epoxide rings is 1. The highest BCUT2D eigenvalue weighted by Crippen LogP contribution is 2.70. The molecule has 1 aliphatic heterocycles. The highest BCUT2D eigenvalue weighted by molar-refractivity contribution is 5.91. The number of carbonyl (C=O) groups excluding carboxylic acids is 1. The molecule has 0 aromatic heterocycles. The Kier molecular flexibility index (Phi) is 2.54. The van der Waals surface area contributed by atoms with Crippen molar-refractivity contribution >= 4 is 5.78 Å². The zero-order valence-corrected chi connectivity index (χ0v) is 14.0. The van der Waals surface area contributed by atoms with Gasteiger partial charge in [0, 0.05) is 11.8 Å². The number of hydrogen-bond donors (Lipinski definition) is 0. The summed E-state index contributed by atoms with van der Waals surface area (Å²) in [7, 11) is 0. The van der Waals surface area contributed by atoms with Gasteiger partial charge in [0.2, 0.25) is 0 Å². The van der Waals surface area contributed by atoms with Crippen LogP contribution in [0.15, 0.2) is 11.6 Å². The van der Waals surface area contributed by atoms with Gasteiger partial charge in [-0.05, 0) is 74.2 Å². The molecule has 4 aliphatic carbocycles. The first-order valence-corrected chi connectivity index (χ1v) is 9.36. The SMILES string of the molecule is CC12CCC(=O)C=C1CCC1C2CCC2(C)C1CC[C@@]21CO1. The second kappa shape index (κ2) is 4.06. The molecule has 1 spiro atoms. The molecule has 4 fully saturated rings. The van der Waals surface area contributed by atoms with E-state index in [9.17, 15) is 4.79 Å². The molecule has 120 valence electrons. The van der Waals surface area contributed by atoms with Crippen LogP contribution in [0.2, 0.25) is 0 Å². The van der Waals surface area contributed by atoms with E-state index in [0.29, 0.717) is 16.6 Å². The van der Waals surface area contributed by atoms with Crippen LogP contribution < -0.4 is 0 Å². The van der Waals surface area contributed by atoms with Gasteiger partial charge >= 0.3 is 0 Å². The van der Waals surface area contributed by atoms with Gasteiger partial charge in [-0.25, -0.2) is 0 Å². The van der Waals surface area contributed by atoms with Gasteiger partial charge < -0.3 is 4.74 Å². The summed E-state index contributed by atoms with van der Waals surface area (Å²) >= 11 is 0. The first-order valence-electron chi connectivity index (χ1n) is 9.36. The summed E-state index contributed by atoms with van der Waals surface area (Å²) in [6, 6.07) is 0. The van der Waals surface area contributed by atoms with Gasteiger partial charge in [-0.1, -0.05) is 19.4 Å². The summed E-state index contributed by atoms with van der Waals surface area (Å²) in [5, 5.41) is 0. The molecule has 0 bridgehead atoms. The van der Waals surface area contributed by atoms with Crippen LogP contribution >= 0.6 is 0 Å². The lowest BCUT2D eigenvalue weighted by atomic mass is 9.47. The Bertz CT molecular complexity index is 572. The van der Waals surface area contributed by atoms with E-state index >= 15 is 0 Å². The van der Waals surface area contributed by atoms with E-state index in [2.05, 4.69) is 13.8 Å². The van der Waals surface area contributed by atoms with E-state index in [1.807, 2.05) is 6.08 Å². The van der Waals surface area contributed by atoms with Crippen molar-refractivity contribution in [2.75, 3.05) is 6.61 Å². The molecule has 1 heterocycles. The van der Waals surface area contributed by atoms with Crippen molar-refractivity contribution in [1.82, 2.24) is 0 Å². The van der Waals surface area contributed by atoms with Crippen molar-refractivity contribution in [3.05, 3.63) is 11.6 Å². The lowest BCUT2D eigenvalue weighted by molar-refractivity contribution is -0.117. The van der Waals surface area contributed by atoms with E-state index in [0.717, 1.165) is 37.2 Å². The van der Waals surface area contributed by atoms with Crippen LogP contribution in [0, 0.1) is 28.6 Å². The zero-order valence-electron chi connectivity index (χ0n) is 14.0. The Morgan fingerprint density at radius 3 is 2.59 bits per heavy atom. The molecule has 1 saturated heterocycles. The molecule has 0 aromatic carbocycles. The van der Waals surface area contributed by atoms with E-state index in [1.54, 1.807) is 0 Å². The molecule has 0 N–H and O–H groups in total. The molecule has 22 heavy (non-hydrogen) atoms.